The predicted octanol–water partition coefficient (Wildman–Crippen LogP) is 3.69. The van der Waals surface area contributed by atoms with Gasteiger partial charge in [0.2, 0.25) is 5.91 Å². The van der Waals surface area contributed by atoms with Crippen LogP contribution in [0.4, 0.5) is 6.01 Å². The van der Waals surface area contributed by atoms with E-state index in [4.69, 9.17) is 4.42 Å². The first-order valence-electron chi connectivity index (χ1n) is 10.1. The number of hydrogen-bond donors (Lipinski definition) is 0. The lowest BCUT2D eigenvalue weighted by Gasteiger charge is -2.38. The van der Waals surface area contributed by atoms with Crippen LogP contribution < -0.4 is 4.90 Å². The van der Waals surface area contributed by atoms with Gasteiger partial charge in [0.1, 0.15) is 5.52 Å². The fourth-order valence-corrected chi connectivity index (χ4v) is 4.68. The third kappa shape index (κ3) is 2.60. The molecule has 1 amide bonds. The molecule has 2 aromatic carbocycles. The van der Waals surface area contributed by atoms with Gasteiger partial charge in [-0.3, -0.25) is 4.79 Å². The molecule has 1 fully saturated rings. The lowest BCUT2D eigenvalue weighted by molar-refractivity contribution is -0.137. The van der Waals surface area contributed by atoms with Crippen LogP contribution in [0.2, 0.25) is 0 Å². The predicted molar refractivity (Wildman–Crippen MR) is 110 cm³/mol. The maximum atomic E-state index is 13.4. The van der Waals surface area contributed by atoms with Crippen molar-refractivity contribution in [3.63, 3.8) is 0 Å². The molecule has 1 atom stereocenters. The van der Waals surface area contributed by atoms with Gasteiger partial charge in [-0.2, -0.15) is 4.98 Å². The molecule has 5 nitrogen and oxygen atoms in total. The molecule has 1 saturated heterocycles. The standard InChI is InChI=1S/C23H25N3O2/c1-16-6-5-9-19-20(16)28-22(24-19)26-14-12-25(13-15-26)21(27)23(2)11-10-17-7-3-4-8-18(17)23/h3-9H,10-15H2,1-2H3. The summed E-state index contributed by atoms with van der Waals surface area (Å²) in [6, 6.07) is 15.1. The minimum absolute atomic E-state index is 0.255. The topological polar surface area (TPSA) is 49.6 Å². The van der Waals surface area contributed by atoms with Crippen molar-refractivity contribution >= 4 is 23.0 Å². The SMILES string of the molecule is Cc1cccc2nc(N3CCN(C(=O)C4(C)CCc5ccccc54)CC3)oc12. The van der Waals surface area contributed by atoms with Crippen molar-refractivity contribution in [3.8, 4) is 0 Å². The molecule has 5 heteroatoms. The van der Waals surface area contributed by atoms with Gasteiger partial charge in [0.25, 0.3) is 6.01 Å². The van der Waals surface area contributed by atoms with Crippen molar-refractivity contribution in [2.75, 3.05) is 31.1 Å². The molecular formula is C23H25N3O2. The minimum Gasteiger partial charge on any atom is -0.423 e. The van der Waals surface area contributed by atoms with Gasteiger partial charge >= 0.3 is 0 Å². The number of carbonyl (C=O) groups is 1. The zero-order valence-electron chi connectivity index (χ0n) is 16.4. The van der Waals surface area contributed by atoms with Crippen molar-refractivity contribution in [3.05, 3.63) is 59.2 Å². The van der Waals surface area contributed by atoms with Crippen LogP contribution in [0.5, 0.6) is 0 Å². The Balaban J connectivity index is 1.32. The number of aromatic nitrogens is 1. The molecule has 0 bridgehead atoms. The molecule has 1 aromatic heterocycles. The first-order valence-corrected chi connectivity index (χ1v) is 10.1. The third-order valence-electron chi connectivity index (χ3n) is 6.42. The quantitative estimate of drug-likeness (QED) is 0.685. The van der Waals surface area contributed by atoms with E-state index in [1.54, 1.807) is 0 Å². The van der Waals surface area contributed by atoms with Crippen LogP contribution >= 0.6 is 0 Å². The summed E-state index contributed by atoms with van der Waals surface area (Å²) in [5, 5.41) is 0. The van der Waals surface area contributed by atoms with Crippen molar-refractivity contribution < 1.29 is 9.21 Å². The van der Waals surface area contributed by atoms with E-state index in [1.165, 1.54) is 11.1 Å². The van der Waals surface area contributed by atoms with Gasteiger partial charge in [0, 0.05) is 26.2 Å². The first-order chi connectivity index (χ1) is 13.6. The molecule has 0 N–H and O–H groups in total. The minimum atomic E-state index is -0.395. The van der Waals surface area contributed by atoms with E-state index >= 15 is 0 Å². The number of fused-ring (bicyclic) bond motifs is 2. The van der Waals surface area contributed by atoms with Gasteiger partial charge in [-0.05, 0) is 49.4 Å². The molecule has 144 valence electrons. The summed E-state index contributed by atoms with van der Waals surface area (Å²) in [7, 11) is 0. The fourth-order valence-electron chi connectivity index (χ4n) is 4.68. The Kier molecular flexibility index (Phi) is 3.93. The number of aryl methyl sites for hydroxylation is 2. The molecule has 2 aliphatic rings. The Hall–Kier alpha value is -2.82. The zero-order chi connectivity index (χ0) is 19.3. The Morgan fingerprint density at radius 1 is 1.07 bits per heavy atom. The van der Waals surface area contributed by atoms with Crippen LogP contribution in [0.3, 0.4) is 0 Å². The number of piperazine rings is 1. The summed E-state index contributed by atoms with van der Waals surface area (Å²) in [5.41, 5.74) is 4.97. The third-order valence-corrected chi connectivity index (χ3v) is 6.42. The molecular weight excluding hydrogens is 350 g/mol. The monoisotopic (exact) mass is 375 g/mol. The number of amides is 1. The van der Waals surface area contributed by atoms with Crippen LogP contribution in [0.25, 0.3) is 11.1 Å². The molecule has 0 spiro atoms. The number of oxazole rings is 1. The molecule has 1 unspecified atom stereocenters. The molecule has 5 rings (SSSR count). The smallest absolute Gasteiger partial charge is 0.298 e. The number of hydrogen-bond acceptors (Lipinski definition) is 4. The number of benzene rings is 2. The summed E-state index contributed by atoms with van der Waals surface area (Å²) in [6.07, 6.45) is 1.89. The first kappa shape index (κ1) is 17.3. The van der Waals surface area contributed by atoms with Crippen LogP contribution in [0.1, 0.15) is 30.0 Å². The highest BCUT2D eigenvalue weighted by molar-refractivity contribution is 5.89. The second kappa shape index (κ2) is 6.36. The van der Waals surface area contributed by atoms with E-state index in [0.29, 0.717) is 19.1 Å². The van der Waals surface area contributed by atoms with E-state index in [2.05, 4.69) is 35.0 Å². The van der Waals surface area contributed by atoms with Gasteiger partial charge in [0.05, 0.1) is 5.41 Å². The number of carbonyl (C=O) groups excluding carboxylic acids is 1. The van der Waals surface area contributed by atoms with Crippen molar-refractivity contribution in [2.45, 2.75) is 32.1 Å². The molecule has 2 heterocycles. The van der Waals surface area contributed by atoms with E-state index in [-0.39, 0.29) is 5.91 Å². The van der Waals surface area contributed by atoms with Crippen molar-refractivity contribution in [2.24, 2.45) is 0 Å². The van der Waals surface area contributed by atoms with E-state index < -0.39 is 5.41 Å². The molecule has 28 heavy (non-hydrogen) atoms. The normalized spacial score (nSPS) is 21.9. The van der Waals surface area contributed by atoms with Gasteiger partial charge < -0.3 is 14.2 Å². The van der Waals surface area contributed by atoms with Crippen LogP contribution in [-0.2, 0) is 16.6 Å². The summed E-state index contributed by atoms with van der Waals surface area (Å²) in [4.78, 5) is 22.2. The fraction of sp³-hybridized carbons (Fsp3) is 0.391. The highest BCUT2D eigenvalue weighted by atomic mass is 16.4. The molecule has 0 radical (unpaired) electrons. The van der Waals surface area contributed by atoms with Crippen LogP contribution in [-0.4, -0.2) is 42.0 Å². The molecule has 1 aliphatic carbocycles. The maximum Gasteiger partial charge on any atom is 0.298 e. The maximum absolute atomic E-state index is 13.4. The van der Waals surface area contributed by atoms with Crippen molar-refractivity contribution in [1.82, 2.24) is 9.88 Å². The van der Waals surface area contributed by atoms with Crippen LogP contribution in [0.15, 0.2) is 46.9 Å². The second-order valence-electron chi connectivity index (χ2n) is 8.19. The number of rotatable bonds is 2. The average molecular weight is 375 g/mol. The Morgan fingerprint density at radius 2 is 1.86 bits per heavy atom. The lowest BCUT2D eigenvalue weighted by Crippen LogP contribution is -2.53. The van der Waals surface area contributed by atoms with Crippen LogP contribution in [0, 0.1) is 6.92 Å². The van der Waals surface area contributed by atoms with Gasteiger partial charge in [0.15, 0.2) is 5.58 Å². The summed E-state index contributed by atoms with van der Waals surface area (Å²) >= 11 is 0. The summed E-state index contributed by atoms with van der Waals surface area (Å²) < 4.78 is 6.01. The Bertz CT molecular complexity index is 1050. The molecule has 3 aromatic rings. The van der Waals surface area contributed by atoms with E-state index in [9.17, 15) is 4.79 Å². The Morgan fingerprint density at radius 3 is 2.64 bits per heavy atom. The van der Waals surface area contributed by atoms with Gasteiger partial charge in [-0.1, -0.05) is 36.4 Å². The number of nitrogens with zero attached hydrogens (tertiary/aromatic N) is 3. The summed E-state index contributed by atoms with van der Waals surface area (Å²) in [5.74, 6) is 0.255. The highest BCUT2D eigenvalue weighted by Crippen LogP contribution is 2.40. The van der Waals surface area contributed by atoms with Gasteiger partial charge in [-0.15, -0.1) is 0 Å². The Labute approximate surface area is 165 Å². The largest absolute Gasteiger partial charge is 0.423 e. The molecule has 0 saturated carbocycles. The van der Waals surface area contributed by atoms with E-state index in [1.807, 2.05) is 36.1 Å². The summed E-state index contributed by atoms with van der Waals surface area (Å²) in [6.45, 7) is 7.04. The van der Waals surface area contributed by atoms with Crippen molar-refractivity contribution in [1.29, 1.82) is 0 Å². The lowest BCUT2D eigenvalue weighted by atomic mass is 9.82. The van der Waals surface area contributed by atoms with Gasteiger partial charge in [-0.25, -0.2) is 0 Å². The molecule has 1 aliphatic heterocycles. The van der Waals surface area contributed by atoms with E-state index in [0.717, 1.165) is 42.6 Å². The second-order valence-corrected chi connectivity index (χ2v) is 8.19. The highest BCUT2D eigenvalue weighted by Gasteiger charge is 2.43. The average Bonchev–Trinajstić information content (AvgIpc) is 3.31. The zero-order valence-corrected chi connectivity index (χ0v) is 16.4. The number of para-hydroxylation sites is 1. The number of anilines is 1.